The van der Waals surface area contributed by atoms with Crippen molar-refractivity contribution in [2.45, 2.75) is 38.1 Å². The quantitative estimate of drug-likeness (QED) is 0.556. The van der Waals surface area contributed by atoms with Crippen LogP contribution in [-0.2, 0) is 21.2 Å². The van der Waals surface area contributed by atoms with Gasteiger partial charge in [0.25, 0.3) is 10.0 Å². The number of hydrogen-bond acceptors (Lipinski definition) is 5. The number of carboxylic acid groups (broad SMARTS) is 1. The molecule has 1 atom stereocenters. The topological polar surface area (TPSA) is 144 Å². The van der Waals surface area contributed by atoms with E-state index in [9.17, 15) is 18.0 Å². The highest BCUT2D eigenvalue weighted by molar-refractivity contribution is 7.90. The van der Waals surface area contributed by atoms with Gasteiger partial charge in [0.05, 0.1) is 17.5 Å². The number of carbonyl (C=O) groups is 2. The van der Waals surface area contributed by atoms with Crippen molar-refractivity contribution in [1.82, 2.24) is 14.5 Å². The van der Waals surface area contributed by atoms with E-state index in [1.807, 2.05) is 0 Å². The Morgan fingerprint density at radius 2 is 2.00 bits per heavy atom. The second-order valence-electron chi connectivity index (χ2n) is 7.62. The van der Waals surface area contributed by atoms with Gasteiger partial charge in [0, 0.05) is 19.9 Å². The van der Waals surface area contributed by atoms with Gasteiger partial charge in [0.15, 0.2) is 0 Å². The number of hydrogen-bond donors (Lipinski definition) is 3. The van der Waals surface area contributed by atoms with Crippen LogP contribution in [0.25, 0.3) is 10.9 Å². The molecule has 0 radical (unpaired) electrons. The number of nitrogens with zero attached hydrogens (tertiary/aromatic N) is 2. The summed E-state index contributed by atoms with van der Waals surface area (Å²) in [7, 11) is -5.08. The van der Waals surface area contributed by atoms with Crippen LogP contribution in [0.2, 0.25) is 25.7 Å². The predicted octanol–water partition coefficient (Wildman–Crippen LogP) is 1.22. The highest BCUT2D eigenvalue weighted by atomic mass is 32.2. The molecule has 4 N–H and O–H groups in total. The van der Waals surface area contributed by atoms with E-state index in [0.29, 0.717) is 22.5 Å². The third kappa shape index (κ3) is 5.53. The number of primary amides is 1. The molecule has 1 aromatic carbocycles. The Bertz CT molecular complexity index is 965. The molecule has 0 aliphatic rings. The average molecular weight is 413 g/mol. The molecule has 2 amide bonds. The average Bonchev–Trinajstić information content (AvgIpc) is 2.95. The number of rotatable bonds is 8. The van der Waals surface area contributed by atoms with Crippen LogP contribution in [0.15, 0.2) is 24.4 Å². The zero-order valence-corrected chi connectivity index (χ0v) is 17.3. The number of aromatic nitrogens is 2. The first-order chi connectivity index (χ1) is 12.4. The van der Waals surface area contributed by atoms with E-state index >= 15 is 0 Å². The fourth-order valence-electron chi connectivity index (χ4n) is 2.54. The van der Waals surface area contributed by atoms with Crippen LogP contribution in [-0.4, -0.2) is 54.6 Å². The maximum absolute atomic E-state index is 12.6. The van der Waals surface area contributed by atoms with Crippen LogP contribution in [0, 0.1) is 0 Å². The van der Waals surface area contributed by atoms with E-state index in [2.05, 4.69) is 30.1 Å². The van der Waals surface area contributed by atoms with Gasteiger partial charge < -0.3 is 16.2 Å². The van der Waals surface area contributed by atoms with Crippen molar-refractivity contribution in [2.24, 2.45) is 5.73 Å². The summed E-state index contributed by atoms with van der Waals surface area (Å²) < 4.78 is 26.3. The van der Waals surface area contributed by atoms with Gasteiger partial charge in [-0.1, -0.05) is 25.7 Å². The Hall–Kier alpha value is -2.40. The fourth-order valence-corrected chi connectivity index (χ4v) is 6.85. The van der Waals surface area contributed by atoms with Crippen LogP contribution in [0.1, 0.15) is 5.56 Å². The van der Waals surface area contributed by atoms with Crippen molar-refractivity contribution in [3.8, 4) is 0 Å². The van der Waals surface area contributed by atoms with Gasteiger partial charge in [-0.3, -0.25) is 4.79 Å². The van der Waals surface area contributed by atoms with Crippen molar-refractivity contribution in [1.29, 1.82) is 0 Å². The Kier molecular flexibility index (Phi) is 5.95. The molecule has 1 unspecified atom stereocenters. The zero-order valence-electron chi connectivity index (χ0n) is 15.5. The molecule has 0 spiro atoms. The molecule has 2 aromatic rings. The van der Waals surface area contributed by atoms with E-state index in [0.717, 1.165) is 4.09 Å². The lowest BCUT2D eigenvalue weighted by Crippen LogP contribution is -2.45. The first-order valence-electron chi connectivity index (χ1n) is 8.38. The second-order valence-corrected chi connectivity index (χ2v) is 15.2. The molecule has 2 rings (SSSR count). The number of nitrogens with two attached hydrogens (primary N) is 1. The normalized spacial score (nSPS) is 13.4. The Balaban J connectivity index is 2.28. The van der Waals surface area contributed by atoms with E-state index in [4.69, 9.17) is 10.8 Å². The van der Waals surface area contributed by atoms with Crippen molar-refractivity contribution in [3.63, 3.8) is 0 Å². The molecule has 0 saturated heterocycles. The summed E-state index contributed by atoms with van der Waals surface area (Å²) in [6.07, 6.45) is 0.154. The predicted molar refractivity (Wildman–Crippen MR) is 105 cm³/mol. The third-order valence-corrected chi connectivity index (χ3v) is 7.70. The SMILES string of the molecule is C[Si](C)(C)CCS(=O)(=O)n1ncc2cc(CC(NC(=O)O)C(N)=O)ccc21. The van der Waals surface area contributed by atoms with Gasteiger partial charge in [-0.05, 0) is 23.7 Å². The summed E-state index contributed by atoms with van der Waals surface area (Å²) in [5, 5.41) is 15.5. The molecule has 148 valence electrons. The van der Waals surface area contributed by atoms with E-state index < -0.39 is 36.1 Å². The van der Waals surface area contributed by atoms with Gasteiger partial charge in [0.1, 0.15) is 6.04 Å². The van der Waals surface area contributed by atoms with E-state index in [1.54, 1.807) is 18.2 Å². The summed E-state index contributed by atoms with van der Waals surface area (Å²) >= 11 is 0. The first kappa shape index (κ1) is 20.9. The largest absolute Gasteiger partial charge is 0.465 e. The molecule has 0 saturated carbocycles. The molecular formula is C16H24N4O5SSi. The number of amides is 2. The highest BCUT2D eigenvalue weighted by Crippen LogP contribution is 2.20. The van der Waals surface area contributed by atoms with Gasteiger partial charge >= 0.3 is 6.09 Å². The molecular weight excluding hydrogens is 388 g/mol. The molecule has 1 heterocycles. The zero-order chi connectivity index (χ0) is 20.4. The smallest absolute Gasteiger partial charge is 0.405 e. The molecule has 0 fully saturated rings. The minimum absolute atomic E-state index is 0.0353. The Morgan fingerprint density at radius 3 is 2.56 bits per heavy atom. The summed E-state index contributed by atoms with van der Waals surface area (Å²) in [6.45, 7) is 6.32. The monoisotopic (exact) mass is 412 g/mol. The van der Waals surface area contributed by atoms with Gasteiger partial charge in [0.2, 0.25) is 5.91 Å². The lowest BCUT2D eigenvalue weighted by molar-refractivity contribution is -0.119. The number of carbonyl (C=O) groups excluding carboxylic acids is 1. The second kappa shape index (κ2) is 7.68. The number of nitrogens with one attached hydrogen (secondary N) is 1. The maximum Gasteiger partial charge on any atom is 0.405 e. The maximum atomic E-state index is 12.6. The molecule has 0 aliphatic carbocycles. The fraction of sp³-hybridized carbons (Fsp3) is 0.438. The lowest BCUT2D eigenvalue weighted by atomic mass is 10.0. The van der Waals surface area contributed by atoms with Crippen LogP contribution < -0.4 is 11.1 Å². The minimum Gasteiger partial charge on any atom is -0.465 e. The first-order valence-corrected chi connectivity index (χ1v) is 13.7. The number of fused-ring (bicyclic) bond motifs is 1. The molecule has 11 heteroatoms. The molecule has 1 aromatic heterocycles. The Morgan fingerprint density at radius 1 is 1.33 bits per heavy atom. The van der Waals surface area contributed by atoms with Crippen LogP contribution >= 0.6 is 0 Å². The molecule has 27 heavy (non-hydrogen) atoms. The summed E-state index contributed by atoms with van der Waals surface area (Å²) in [6, 6.07) is 4.47. The van der Waals surface area contributed by atoms with Crippen molar-refractivity contribution >= 4 is 41.0 Å². The van der Waals surface area contributed by atoms with Crippen LogP contribution in [0.3, 0.4) is 0 Å². The third-order valence-electron chi connectivity index (χ3n) is 4.05. The van der Waals surface area contributed by atoms with Crippen molar-refractivity contribution in [2.75, 3.05) is 5.75 Å². The minimum atomic E-state index is -3.57. The van der Waals surface area contributed by atoms with Crippen molar-refractivity contribution < 1.29 is 23.1 Å². The van der Waals surface area contributed by atoms with Gasteiger partial charge in [-0.2, -0.15) is 9.19 Å². The van der Waals surface area contributed by atoms with E-state index in [-0.39, 0.29) is 12.2 Å². The lowest BCUT2D eigenvalue weighted by Gasteiger charge is -2.15. The molecule has 0 aliphatic heterocycles. The highest BCUT2D eigenvalue weighted by Gasteiger charge is 2.23. The van der Waals surface area contributed by atoms with Gasteiger partial charge in [-0.15, -0.1) is 0 Å². The van der Waals surface area contributed by atoms with Crippen LogP contribution in [0.5, 0.6) is 0 Å². The molecule has 0 bridgehead atoms. The van der Waals surface area contributed by atoms with Gasteiger partial charge in [-0.25, -0.2) is 13.2 Å². The van der Waals surface area contributed by atoms with Crippen molar-refractivity contribution in [3.05, 3.63) is 30.0 Å². The summed E-state index contributed by atoms with van der Waals surface area (Å²) in [5.74, 6) is -0.754. The van der Waals surface area contributed by atoms with Crippen LogP contribution in [0.4, 0.5) is 4.79 Å². The Labute approximate surface area is 158 Å². The molecule has 9 nitrogen and oxygen atoms in total. The standard InChI is InChI=1S/C16H24N4O5SSi/c1-27(2,3)7-6-26(24,25)20-14-5-4-11(8-12(14)10-18-20)9-13(15(17)21)19-16(22)23/h4-5,8,10,13,19H,6-7,9H2,1-3H3,(H2,17,21)(H,22,23). The number of benzene rings is 1. The van der Waals surface area contributed by atoms with E-state index in [1.165, 1.54) is 6.20 Å². The summed E-state index contributed by atoms with van der Waals surface area (Å²) in [4.78, 5) is 22.2. The summed E-state index contributed by atoms with van der Waals surface area (Å²) in [5.41, 5.74) is 6.30.